The minimum atomic E-state index is -0.690. The van der Waals surface area contributed by atoms with Gasteiger partial charge in [0.1, 0.15) is 5.38 Å². The Morgan fingerprint density at radius 3 is 2.90 bits per heavy atom. The Hall–Kier alpha value is -0.850. The number of rotatable bonds is 5. The molecule has 2 atom stereocenters. The second-order valence-electron chi connectivity index (χ2n) is 4.55. The first-order chi connectivity index (χ1) is 9.49. The van der Waals surface area contributed by atoms with Crippen molar-refractivity contribution in [2.45, 2.75) is 24.8 Å². The third-order valence-electron chi connectivity index (χ3n) is 3.01. The molecule has 0 spiro atoms. The van der Waals surface area contributed by atoms with E-state index in [1.807, 2.05) is 0 Å². The van der Waals surface area contributed by atoms with Crippen molar-refractivity contribution in [2.75, 3.05) is 23.8 Å². The van der Waals surface area contributed by atoms with Crippen LogP contribution in [0.2, 0.25) is 0 Å². The van der Waals surface area contributed by atoms with Crippen LogP contribution < -0.4 is 10.6 Å². The van der Waals surface area contributed by atoms with Crippen LogP contribution in [0.4, 0.5) is 15.8 Å². The first-order valence-electron chi connectivity index (χ1n) is 6.27. The van der Waals surface area contributed by atoms with Crippen LogP contribution in [0.25, 0.3) is 0 Å². The third kappa shape index (κ3) is 3.62. The normalized spacial score (nSPS) is 19.1. The maximum Gasteiger partial charge on any atom is 0.242 e. The number of benzene rings is 1. The molecule has 1 unspecified atom stereocenters. The fourth-order valence-electron chi connectivity index (χ4n) is 1.72. The van der Waals surface area contributed by atoms with Crippen molar-refractivity contribution >= 4 is 44.8 Å². The molecule has 110 valence electrons. The fourth-order valence-corrected chi connectivity index (χ4v) is 2.11. The van der Waals surface area contributed by atoms with Crippen molar-refractivity contribution < 1.29 is 13.9 Å². The van der Waals surface area contributed by atoms with E-state index in [0.29, 0.717) is 16.7 Å². The number of hydrogen-bond acceptors (Lipinski definition) is 3. The van der Waals surface area contributed by atoms with Crippen LogP contribution in [0, 0.1) is 5.82 Å². The number of hydrogen-bond donors (Lipinski definition) is 2. The van der Waals surface area contributed by atoms with Crippen molar-refractivity contribution in [3.05, 3.63) is 22.4 Å². The van der Waals surface area contributed by atoms with Crippen LogP contribution in [-0.2, 0) is 9.53 Å². The highest BCUT2D eigenvalue weighted by molar-refractivity contribution is 9.10. The molecule has 1 aliphatic heterocycles. The minimum absolute atomic E-state index is 0.0869. The maximum absolute atomic E-state index is 14.2. The molecule has 2 rings (SSSR count). The van der Waals surface area contributed by atoms with E-state index in [9.17, 15) is 9.18 Å². The number of alkyl halides is 1. The van der Waals surface area contributed by atoms with Gasteiger partial charge >= 0.3 is 0 Å². The van der Waals surface area contributed by atoms with Gasteiger partial charge < -0.3 is 15.4 Å². The zero-order chi connectivity index (χ0) is 14.7. The molecule has 0 aliphatic carbocycles. The molecular formula is C13H15BrClFN2O2. The number of anilines is 2. The highest BCUT2D eigenvalue weighted by atomic mass is 79.9. The molecule has 7 heteroatoms. The minimum Gasteiger partial charge on any atom is -0.378 e. The van der Waals surface area contributed by atoms with Crippen LogP contribution in [0.5, 0.6) is 0 Å². The molecule has 1 heterocycles. The molecule has 0 radical (unpaired) electrons. The van der Waals surface area contributed by atoms with Gasteiger partial charge in [0.25, 0.3) is 0 Å². The molecule has 1 saturated heterocycles. The summed E-state index contributed by atoms with van der Waals surface area (Å²) in [5.74, 6) is -0.833. The summed E-state index contributed by atoms with van der Waals surface area (Å²) in [7, 11) is 0. The molecule has 1 fully saturated rings. The molecule has 1 amide bonds. The first kappa shape index (κ1) is 15.5. The standard InChI is InChI=1S/C13H15BrClFN2O2/c1-7(15)13(19)18-10-3-2-9(14)11(16)12(10)17-6-8-4-5-20-8/h2-3,7-8,17H,4-6H2,1H3,(H,18,19)/t7?,8-/m0/s1. The predicted octanol–water partition coefficient (Wildman–Crippen LogP) is 3.35. The smallest absolute Gasteiger partial charge is 0.242 e. The predicted molar refractivity (Wildman–Crippen MR) is 80.9 cm³/mol. The Labute approximate surface area is 130 Å². The van der Waals surface area contributed by atoms with Gasteiger partial charge in [0.15, 0.2) is 5.82 Å². The zero-order valence-corrected chi connectivity index (χ0v) is 13.2. The Morgan fingerprint density at radius 1 is 1.65 bits per heavy atom. The molecule has 1 aliphatic rings. The van der Waals surface area contributed by atoms with Gasteiger partial charge in [0.2, 0.25) is 5.91 Å². The Bertz CT molecular complexity index is 509. The summed E-state index contributed by atoms with van der Waals surface area (Å²) in [4.78, 5) is 11.6. The molecular weight excluding hydrogens is 351 g/mol. The summed E-state index contributed by atoms with van der Waals surface area (Å²) in [5, 5.41) is 4.89. The van der Waals surface area contributed by atoms with Gasteiger partial charge in [-0.3, -0.25) is 4.79 Å². The highest BCUT2D eigenvalue weighted by Crippen LogP contribution is 2.31. The van der Waals surface area contributed by atoms with E-state index in [2.05, 4.69) is 26.6 Å². The third-order valence-corrected chi connectivity index (χ3v) is 3.82. The Kier molecular flexibility index (Phi) is 5.23. The lowest BCUT2D eigenvalue weighted by molar-refractivity contribution is -0.115. The van der Waals surface area contributed by atoms with E-state index in [1.165, 1.54) is 6.07 Å². The molecule has 1 aromatic rings. The summed E-state index contributed by atoms with van der Waals surface area (Å²) < 4.78 is 19.8. The van der Waals surface area contributed by atoms with E-state index in [0.717, 1.165) is 13.0 Å². The molecule has 0 bridgehead atoms. The Morgan fingerprint density at radius 2 is 2.35 bits per heavy atom. The molecule has 0 saturated carbocycles. The summed E-state index contributed by atoms with van der Waals surface area (Å²) >= 11 is 8.83. The Balaban J connectivity index is 2.16. The van der Waals surface area contributed by atoms with Gasteiger partial charge in [-0.1, -0.05) is 0 Å². The summed E-state index contributed by atoms with van der Waals surface area (Å²) in [6.45, 7) is 2.79. The lowest BCUT2D eigenvalue weighted by Crippen LogP contribution is -2.34. The van der Waals surface area contributed by atoms with Gasteiger partial charge in [-0.05, 0) is 41.4 Å². The first-order valence-corrected chi connectivity index (χ1v) is 7.50. The molecule has 0 aromatic heterocycles. The molecule has 4 nitrogen and oxygen atoms in total. The van der Waals surface area contributed by atoms with Crippen LogP contribution >= 0.6 is 27.5 Å². The van der Waals surface area contributed by atoms with Gasteiger partial charge in [-0.2, -0.15) is 0 Å². The van der Waals surface area contributed by atoms with Crippen LogP contribution in [0.1, 0.15) is 13.3 Å². The molecule has 2 N–H and O–H groups in total. The van der Waals surface area contributed by atoms with Gasteiger partial charge in [-0.15, -0.1) is 11.6 Å². The van der Waals surface area contributed by atoms with Crippen molar-refractivity contribution in [1.29, 1.82) is 0 Å². The van der Waals surface area contributed by atoms with Crippen molar-refractivity contribution in [3.8, 4) is 0 Å². The van der Waals surface area contributed by atoms with E-state index in [1.54, 1.807) is 13.0 Å². The van der Waals surface area contributed by atoms with Gasteiger partial charge in [0, 0.05) is 13.2 Å². The van der Waals surface area contributed by atoms with Crippen molar-refractivity contribution in [1.82, 2.24) is 0 Å². The second-order valence-corrected chi connectivity index (χ2v) is 6.06. The number of halogens is 3. The average molecular weight is 366 g/mol. The zero-order valence-electron chi connectivity index (χ0n) is 10.9. The van der Waals surface area contributed by atoms with E-state index in [4.69, 9.17) is 16.3 Å². The number of ether oxygens (including phenoxy) is 1. The second kappa shape index (κ2) is 6.74. The van der Waals surface area contributed by atoms with Gasteiger partial charge in [0.05, 0.1) is 22.0 Å². The largest absolute Gasteiger partial charge is 0.378 e. The monoisotopic (exact) mass is 364 g/mol. The fraction of sp³-hybridized carbons (Fsp3) is 0.462. The molecule has 1 aromatic carbocycles. The molecule has 20 heavy (non-hydrogen) atoms. The van der Waals surface area contributed by atoms with Crippen LogP contribution in [0.15, 0.2) is 16.6 Å². The summed E-state index contributed by atoms with van der Waals surface area (Å²) in [6, 6.07) is 3.16. The van der Waals surface area contributed by atoms with E-state index in [-0.39, 0.29) is 17.7 Å². The van der Waals surface area contributed by atoms with E-state index >= 15 is 0 Å². The lowest BCUT2D eigenvalue weighted by Gasteiger charge is -2.27. The number of carbonyl (C=O) groups is 1. The SMILES string of the molecule is CC(Cl)C(=O)Nc1ccc(Br)c(F)c1NC[C@@H]1CCO1. The summed E-state index contributed by atoms with van der Waals surface area (Å²) in [5.41, 5.74) is 0.600. The van der Waals surface area contributed by atoms with Crippen LogP contribution in [-0.4, -0.2) is 30.5 Å². The lowest BCUT2D eigenvalue weighted by atomic mass is 10.1. The van der Waals surface area contributed by atoms with E-state index < -0.39 is 11.2 Å². The number of amides is 1. The number of nitrogens with one attached hydrogen (secondary N) is 2. The highest BCUT2D eigenvalue weighted by Gasteiger charge is 2.21. The average Bonchev–Trinajstić information content (AvgIpc) is 2.35. The van der Waals surface area contributed by atoms with Crippen molar-refractivity contribution in [3.63, 3.8) is 0 Å². The topological polar surface area (TPSA) is 50.4 Å². The van der Waals surface area contributed by atoms with Crippen LogP contribution in [0.3, 0.4) is 0 Å². The number of carbonyl (C=O) groups excluding carboxylic acids is 1. The maximum atomic E-state index is 14.2. The van der Waals surface area contributed by atoms with Crippen molar-refractivity contribution in [2.24, 2.45) is 0 Å². The van der Waals surface area contributed by atoms with Gasteiger partial charge in [-0.25, -0.2) is 4.39 Å². The quantitative estimate of drug-likeness (QED) is 0.787. The summed E-state index contributed by atoms with van der Waals surface area (Å²) in [6.07, 6.45) is 1.03.